The maximum absolute atomic E-state index is 11.0. The molecule has 126 valence electrons. The Morgan fingerprint density at radius 2 is 1.84 bits per heavy atom. The molecule has 0 saturated heterocycles. The molecule has 3 rings (SSSR count). The van der Waals surface area contributed by atoms with Crippen molar-refractivity contribution in [2.24, 2.45) is 4.99 Å². The van der Waals surface area contributed by atoms with E-state index in [0.29, 0.717) is 0 Å². The number of benzene rings is 2. The number of aryl methyl sites for hydroxylation is 1. The molecule has 6 nitrogen and oxygen atoms in total. The van der Waals surface area contributed by atoms with Crippen LogP contribution in [0.3, 0.4) is 0 Å². The van der Waals surface area contributed by atoms with E-state index in [1.165, 1.54) is 6.07 Å². The third-order valence-corrected chi connectivity index (χ3v) is 3.97. The number of rotatable bonds is 4. The molecule has 0 bridgehead atoms. The maximum atomic E-state index is 11.0. The van der Waals surface area contributed by atoms with Crippen LogP contribution in [0, 0.1) is 24.0 Å². The minimum Gasteiger partial charge on any atom is -0.508 e. The SMILES string of the molecule is Cc1cc(C=Nc2ccc(O)cc2)c(C)n1-c1cccc([N+](=O)[O-])c1. The van der Waals surface area contributed by atoms with E-state index in [4.69, 9.17) is 0 Å². The van der Waals surface area contributed by atoms with Crippen molar-refractivity contribution in [3.63, 3.8) is 0 Å². The van der Waals surface area contributed by atoms with E-state index >= 15 is 0 Å². The summed E-state index contributed by atoms with van der Waals surface area (Å²) in [6.45, 7) is 3.90. The Morgan fingerprint density at radius 1 is 1.12 bits per heavy atom. The first kappa shape index (κ1) is 16.4. The van der Waals surface area contributed by atoms with Crippen LogP contribution >= 0.6 is 0 Å². The molecule has 0 radical (unpaired) electrons. The first-order chi connectivity index (χ1) is 12.0. The van der Waals surface area contributed by atoms with Gasteiger partial charge in [-0.3, -0.25) is 15.1 Å². The topological polar surface area (TPSA) is 80.7 Å². The molecule has 0 aliphatic carbocycles. The van der Waals surface area contributed by atoms with Crippen molar-refractivity contribution in [1.29, 1.82) is 0 Å². The van der Waals surface area contributed by atoms with Crippen molar-refractivity contribution in [2.45, 2.75) is 13.8 Å². The normalized spacial score (nSPS) is 11.1. The van der Waals surface area contributed by atoms with Gasteiger partial charge in [-0.05, 0) is 50.2 Å². The van der Waals surface area contributed by atoms with E-state index in [-0.39, 0.29) is 11.4 Å². The maximum Gasteiger partial charge on any atom is 0.271 e. The highest BCUT2D eigenvalue weighted by molar-refractivity contribution is 5.84. The lowest BCUT2D eigenvalue weighted by atomic mass is 10.2. The predicted molar refractivity (Wildman–Crippen MR) is 97.3 cm³/mol. The molecule has 0 amide bonds. The number of aromatic nitrogens is 1. The minimum atomic E-state index is -0.398. The standard InChI is InChI=1S/C19H17N3O3/c1-13-10-15(12-20-16-6-8-19(23)9-7-16)14(2)21(13)17-4-3-5-18(11-17)22(24)25/h3-12,23H,1-2H3. The smallest absolute Gasteiger partial charge is 0.271 e. The molecule has 6 heteroatoms. The average molecular weight is 335 g/mol. The second-order valence-corrected chi connectivity index (χ2v) is 5.71. The highest BCUT2D eigenvalue weighted by Crippen LogP contribution is 2.24. The first-order valence-electron chi connectivity index (χ1n) is 7.72. The van der Waals surface area contributed by atoms with Crippen LogP contribution < -0.4 is 0 Å². The van der Waals surface area contributed by atoms with E-state index in [0.717, 1.165) is 28.3 Å². The van der Waals surface area contributed by atoms with Gasteiger partial charge in [-0.1, -0.05) is 6.07 Å². The molecule has 0 spiro atoms. The Bertz CT molecular complexity index is 957. The van der Waals surface area contributed by atoms with Gasteiger partial charge in [-0.2, -0.15) is 0 Å². The third-order valence-electron chi connectivity index (χ3n) is 3.97. The number of hydrogen-bond acceptors (Lipinski definition) is 4. The molecule has 1 N–H and O–H groups in total. The average Bonchev–Trinajstić information content (AvgIpc) is 2.88. The fraction of sp³-hybridized carbons (Fsp3) is 0.105. The molecule has 2 aromatic carbocycles. The van der Waals surface area contributed by atoms with E-state index in [9.17, 15) is 15.2 Å². The van der Waals surface area contributed by atoms with Gasteiger partial charge in [0.15, 0.2) is 0 Å². The summed E-state index contributed by atoms with van der Waals surface area (Å²) in [5, 5.41) is 20.3. The summed E-state index contributed by atoms with van der Waals surface area (Å²) in [5.74, 6) is 0.197. The Morgan fingerprint density at radius 3 is 2.52 bits per heavy atom. The summed E-state index contributed by atoms with van der Waals surface area (Å²) in [6, 6.07) is 15.2. The molecule has 0 atom stereocenters. The first-order valence-corrected chi connectivity index (χ1v) is 7.72. The van der Waals surface area contributed by atoms with Crippen molar-refractivity contribution < 1.29 is 10.0 Å². The van der Waals surface area contributed by atoms with Gasteiger partial charge < -0.3 is 9.67 Å². The number of nitro benzene ring substituents is 1. The Labute approximate surface area is 144 Å². The van der Waals surface area contributed by atoms with Crippen molar-refractivity contribution in [2.75, 3.05) is 0 Å². The van der Waals surface area contributed by atoms with E-state index in [1.54, 1.807) is 42.6 Å². The van der Waals surface area contributed by atoms with Gasteiger partial charge in [0.1, 0.15) is 5.75 Å². The van der Waals surface area contributed by atoms with Crippen molar-refractivity contribution >= 4 is 17.6 Å². The third kappa shape index (κ3) is 3.42. The Kier molecular flexibility index (Phi) is 4.35. The van der Waals surface area contributed by atoms with Crippen molar-refractivity contribution in [3.05, 3.63) is 81.7 Å². The number of phenols is 1. The quantitative estimate of drug-likeness (QED) is 0.434. The molecule has 1 aromatic heterocycles. The lowest BCUT2D eigenvalue weighted by Crippen LogP contribution is -2.00. The van der Waals surface area contributed by atoms with Crippen LogP contribution in [0.4, 0.5) is 11.4 Å². The van der Waals surface area contributed by atoms with E-state index < -0.39 is 4.92 Å². The lowest BCUT2D eigenvalue weighted by Gasteiger charge is -2.09. The van der Waals surface area contributed by atoms with Gasteiger partial charge in [-0.15, -0.1) is 0 Å². The summed E-state index contributed by atoms with van der Waals surface area (Å²) in [4.78, 5) is 15.0. The van der Waals surface area contributed by atoms with E-state index in [1.807, 2.05) is 30.5 Å². The molecule has 0 aliphatic heterocycles. The zero-order chi connectivity index (χ0) is 18.0. The second kappa shape index (κ2) is 6.60. The highest BCUT2D eigenvalue weighted by Gasteiger charge is 2.12. The van der Waals surface area contributed by atoms with Crippen LogP contribution in [0.2, 0.25) is 0 Å². The van der Waals surface area contributed by atoms with Gasteiger partial charge in [0, 0.05) is 35.3 Å². The highest BCUT2D eigenvalue weighted by atomic mass is 16.6. The Hall–Kier alpha value is -3.41. The van der Waals surface area contributed by atoms with Crippen LogP contribution in [0.1, 0.15) is 17.0 Å². The van der Waals surface area contributed by atoms with Gasteiger partial charge in [0.2, 0.25) is 0 Å². The number of aliphatic imine (C=N–C) groups is 1. The van der Waals surface area contributed by atoms with Gasteiger partial charge in [0.05, 0.1) is 16.3 Å². The molecule has 1 heterocycles. The van der Waals surface area contributed by atoms with Gasteiger partial charge >= 0.3 is 0 Å². The minimum absolute atomic E-state index is 0.0595. The summed E-state index contributed by atoms with van der Waals surface area (Å²) >= 11 is 0. The largest absolute Gasteiger partial charge is 0.508 e. The summed E-state index contributed by atoms with van der Waals surface area (Å²) in [5.41, 5.74) is 4.37. The Balaban J connectivity index is 1.97. The van der Waals surface area contributed by atoms with Crippen LogP contribution in [-0.2, 0) is 0 Å². The number of aromatic hydroxyl groups is 1. The summed E-state index contributed by atoms with van der Waals surface area (Å²) in [7, 11) is 0. The summed E-state index contributed by atoms with van der Waals surface area (Å²) < 4.78 is 1.96. The predicted octanol–water partition coefficient (Wildman–Crippen LogP) is 4.46. The van der Waals surface area contributed by atoms with Crippen LogP contribution in [0.15, 0.2) is 59.6 Å². The fourth-order valence-corrected chi connectivity index (χ4v) is 2.74. The number of non-ortho nitro benzene ring substituents is 1. The monoisotopic (exact) mass is 335 g/mol. The number of nitro groups is 1. The summed E-state index contributed by atoms with van der Waals surface area (Å²) in [6.07, 6.45) is 1.75. The zero-order valence-corrected chi connectivity index (χ0v) is 13.9. The number of hydrogen-bond donors (Lipinski definition) is 1. The number of nitrogens with zero attached hydrogens (tertiary/aromatic N) is 3. The lowest BCUT2D eigenvalue weighted by molar-refractivity contribution is -0.384. The molecule has 0 aliphatic rings. The van der Waals surface area contributed by atoms with E-state index in [2.05, 4.69) is 4.99 Å². The number of phenolic OH excluding ortho intramolecular Hbond substituents is 1. The molecule has 0 fully saturated rings. The van der Waals surface area contributed by atoms with Gasteiger partial charge in [-0.25, -0.2) is 0 Å². The van der Waals surface area contributed by atoms with Gasteiger partial charge in [0.25, 0.3) is 5.69 Å². The zero-order valence-electron chi connectivity index (χ0n) is 13.9. The molecule has 25 heavy (non-hydrogen) atoms. The van der Waals surface area contributed by atoms with Crippen LogP contribution in [0.5, 0.6) is 5.75 Å². The fourth-order valence-electron chi connectivity index (χ4n) is 2.74. The second-order valence-electron chi connectivity index (χ2n) is 5.71. The molecular weight excluding hydrogens is 318 g/mol. The molecular formula is C19H17N3O3. The molecule has 0 unspecified atom stereocenters. The van der Waals surface area contributed by atoms with Crippen LogP contribution in [-0.4, -0.2) is 20.8 Å². The van der Waals surface area contributed by atoms with Crippen LogP contribution in [0.25, 0.3) is 5.69 Å². The molecule has 0 saturated carbocycles. The van der Waals surface area contributed by atoms with Crippen molar-refractivity contribution in [3.8, 4) is 11.4 Å². The molecule has 3 aromatic rings. The van der Waals surface area contributed by atoms with Crippen molar-refractivity contribution in [1.82, 2.24) is 4.57 Å².